The normalized spacial score (nSPS) is 14.5. The maximum atomic E-state index is 14.7. The summed E-state index contributed by atoms with van der Waals surface area (Å²) in [6.45, 7) is 10.1. The highest BCUT2D eigenvalue weighted by atomic mass is 19.1. The molecular formula is C26H33FN6O2. The van der Waals surface area contributed by atoms with E-state index in [9.17, 15) is 9.18 Å². The number of pyridine rings is 1. The zero-order valence-corrected chi connectivity index (χ0v) is 20.5. The molecule has 35 heavy (non-hydrogen) atoms. The van der Waals surface area contributed by atoms with Crippen LogP contribution in [0.4, 0.5) is 26.5 Å². The summed E-state index contributed by atoms with van der Waals surface area (Å²) < 4.78 is 20.0. The van der Waals surface area contributed by atoms with E-state index < -0.39 is 11.8 Å². The van der Waals surface area contributed by atoms with Crippen molar-refractivity contribution in [1.82, 2.24) is 15.0 Å². The summed E-state index contributed by atoms with van der Waals surface area (Å²) in [5.74, 6) is 1.15. The third-order valence-electron chi connectivity index (χ3n) is 5.99. The predicted octanol–water partition coefficient (Wildman–Crippen LogP) is 5.72. The van der Waals surface area contributed by atoms with Crippen LogP contribution in [-0.4, -0.2) is 47.3 Å². The maximum Gasteiger partial charge on any atom is 0.325 e. The van der Waals surface area contributed by atoms with E-state index in [1.165, 1.54) is 44.5 Å². The molecule has 1 saturated heterocycles. The Hall–Kier alpha value is -3.46. The lowest BCUT2D eigenvalue weighted by atomic mass is 9.93. The minimum absolute atomic E-state index is 0.0646. The van der Waals surface area contributed by atoms with Crippen LogP contribution in [0.5, 0.6) is 0 Å². The molecule has 0 atom stereocenters. The van der Waals surface area contributed by atoms with Gasteiger partial charge in [-0.15, -0.1) is 0 Å². The molecule has 2 amide bonds. The average Bonchev–Trinajstić information content (AvgIpc) is 3.31. The molecule has 0 bridgehead atoms. The predicted molar refractivity (Wildman–Crippen MR) is 136 cm³/mol. The molecule has 0 saturated carbocycles. The smallest absolute Gasteiger partial charge is 0.325 e. The minimum atomic E-state index is -0.605. The van der Waals surface area contributed by atoms with Gasteiger partial charge in [-0.05, 0) is 55.8 Å². The Bertz CT molecular complexity index is 1130. The van der Waals surface area contributed by atoms with Crippen LogP contribution < -0.4 is 16.0 Å². The van der Waals surface area contributed by atoms with Gasteiger partial charge in [0.15, 0.2) is 5.82 Å². The van der Waals surface area contributed by atoms with Crippen molar-refractivity contribution in [3.8, 4) is 11.1 Å². The quantitative estimate of drug-likeness (QED) is 0.401. The van der Waals surface area contributed by atoms with Crippen molar-refractivity contribution in [2.24, 2.45) is 0 Å². The van der Waals surface area contributed by atoms with E-state index in [4.69, 9.17) is 4.52 Å². The first-order valence-electron chi connectivity index (χ1n) is 12.1. The van der Waals surface area contributed by atoms with Crippen molar-refractivity contribution >= 4 is 23.4 Å². The first-order chi connectivity index (χ1) is 16.8. The number of nitrogens with zero attached hydrogens (tertiary/aromatic N) is 3. The van der Waals surface area contributed by atoms with E-state index in [1.54, 1.807) is 18.3 Å². The zero-order chi connectivity index (χ0) is 24.8. The van der Waals surface area contributed by atoms with Crippen LogP contribution in [0.2, 0.25) is 0 Å². The van der Waals surface area contributed by atoms with Crippen LogP contribution in [0.15, 0.2) is 47.1 Å². The van der Waals surface area contributed by atoms with E-state index in [-0.39, 0.29) is 16.9 Å². The van der Waals surface area contributed by atoms with Gasteiger partial charge in [-0.2, -0.15) is 0 Å². The topological polar surface area (TPSA) is 95.3 Å². The number of halogens is 1. The number of anilines is 3. The molecule has 3 heterocycles. The lowest BCUT2D eigenvalue weighted by Crippen LogP contribution is -2.33. The monoisotopic (exact) mass is 480 g/mol. The highest BCUT2D eigenvalue weighted by Crippen LogP contribution is 2.26. The summed E-state index contributed by atoms with van der Waals surface area (Å²) >= 11 is 0. The van der Waals surface area contributed by atoms with Gasteiger partial charge in [0, 0.05) is 36.3 Å². The van der Waals surface area contributed by atoms with Gasteiger partial charge >= 0.3 is 6.03 Å². The fourth-order valence-corrected chi connectivity index (χ4v) is 3.95. The highest BCUT2D eigenvalue weighted by molar-refractivity contribution is 5.99. The Morgan fingerprint density at radius 1 is 1.03 bits per heavy atom. The number of carbonyl (C=O) groups excluding carboxylic acids is 1. The lowest BCUT2D eigenvalue weighted by molar-refractivity contribution is 0.237. The Balaban J connectivity index is 1.30. The molecular weight excluding hydrogens is 447 g/mol. The van der Waals surface area contributed by atoms with Gasteiger partial charge in [-0.3, -0.25) is 5.32 Å². The largest absolute Gasteiger partial charge is 0.369 e. The fourth-order valence-electron chi connectivity index (χ4n) is 3.95. The lowest BCUT2D eigenvalue weighted by Gasteiger charge is -2.26. The Labute approximate surface area is 205 Å². The molecule has 1 aromatic carbocycles. The first kappa shape index (κ1) is 24.7. The number of hydrogen-bond donors (Lipinski definition) is 3. The van der Waals surface area contributed by atoms with Crippen molar-refractivity contribution in [2.75, 3.05) is 42.1 Å². The molecule has 1 aliphatic rings. The van der Waals surface area contributed by atoms with Crippen molar-refractivity contribution in [1.29, 1.82) is 0 Å². The number of hydrogen-bond acceptors (Lipinski definition) is 6. The first-order valence-corrected chi connectivity index (χ1v) is 12.1. The summed E-state index contributed by atoms with van der Waals surface area (Å²) in [7, 11) is 0. The van der Waals surface area contributed by atoms with Gasteiger partial charge in [0.1, 0.15) is 17.4 Å². The van der Waals surface area contributed by atoms with E-state index in [1.807, 2.05) is 32.9 Å². The van der Waals surface area contributed by atoms with E-state index in [0.29, 0.717) is 11.3 Å². The second-order valence-electron chi connectivity index (χ2n) is 9.86. The molecule has 0 aliphatic carbocycles. The number of nitrogens with one attached hydrogen (secondary N) is 3. The molecule has 0 spiro atoms. The number of rotatable bonds is 7. The molecule has 1 fully saturated rings. The zero-order valence-electron chi connectivity index (χ0n) is 20.5. The SMILES string of the molecule is CC(C)(C)c1cc(NC(=O)Nc2ccc(-c3ccc(NCCN4CCCCC4)nc3)cc2F)no1. The third-order valence-corrected chi connectivity index (χ3v) is 5.99. The van der Waals surface area contributed by atoms with Crippen molar-refractivity contribution in [3.05, 3.63) is 54.2 Å². The molecule has 2 aromatic heterocycles. The van der Waals surface area contributed by atoms with E-state index in [0.717, 1.165) is 24.5 Å². The summed E-state index contributed by atoms with van der Waals surface area (Å²) in [6.07, 6.45) is 5.61. The number of likely N-dealkylation sites (tertiary alicyclic amines) is 1. The highest BCUT2D eigenvalue weighted by Gasteiger charge is 2.20. The molecule has 3 aromatic rings. The van der Waals surface area contributed by atoms with Gasteiger partial charge in [0.25, 0.3) is 0 Å². The number of urea groups is 1. The number of piperidine rings is 1. The van der Waals surface area contributed by atoms with Gasteiger partial charge < -0.3 is 20.1 Å². The van der Waals surface area contributed by atoms with Crippen molar-refractivity contribution in [2.45, 2.75) is 45.4 Å². The fraction of sp³-hybridized carbons (Fsp3) is 0.423. The van der Waals surface area contributed by atoms with E-state index in [2.05, 4.69) is 31.0 Å². The Kier molecular flexibility index (Phi) is 7.65. The molecule has 0 radical (unpaired) electrons. The summed E-state index contributed by atoms with van der Waals surface area (Å²) in [5.41, 5.74) is 1.29. The second kappa shape index (κ2) is 10.9. The van der Waals surface area contributed by atoms with Crippen LogP contribution in [0.1, 0.15) is 45.8 Å². The molecule has 9 heteroatoms. The molecule has 4 rings (SSSR count). The number of carbonyl (C=O) groups is 1. The standard InChI is InChI=1S/C26H33FN6O2/c1-26(2,3)22-16-24(32-35-22)31-25(34)30-21-9-7-18(15-20(21)27)19-8-10-23(29-17-19)28-11-14-33-12-5-4-6-13-33/h7-10,15-17H,4-6,11-14H2,1-3H3,(H,28,29)(H2,30,31,32,34). The third kappa shape index (κ3) is 6.79. The minimum Gasteiger partial charge on any atom is -0.369 e. The number of aromatic nitrogens is 2. The van der Waals surface area contributed by atoms with Crippen LogP contribution in [0, 0.1) is 5.82 Å². The molecule has 186 valence electrons. The van der Waals surface area contributed by atoms with Gasteiger partial charge in [-0.25, -0.2) is 14.2 Å². The van der Waals surface area contributed by atoms with E-state index >= 15 is 0 Å². The van der Waals surface area contributed by atoms with Gasteiger partial charge in [0.2, 0.25) is 0 Å². The van der Waals surface area contributed by atoms with Gasteiger partial charge in [-0.1, -0.05) is 38.4 Å². The molecule has 8 nitrogen and oxygen atoms in total. The van der Waals surface area contributed by atoms with Crippen LogP contribution in [0.3, 0.4) is 0 Å². The van der Waals surface area contributed by atoms with Crippen LogP contribution >= 0.6 is 0 Å². The van der Waals surface area contributed by atoms with Crippen molar-refractivity contribution in [3.63, 3.8) is 0 Å². The second-order valence-corrected chi connectivity index (χ2v) is 9.86. The summed E-state index contributed by atoms with van der Waals surface area (Å²) in [5, 5.41) is 12.3. The van der Waals surface area contributed by atoms with Crippen molar-refractivity contribution < 1.29 is 13.7 Å². The van der Waals surface area contributed by atoms with Crippen LogP contribution in [0.25, 0.3) is 11.1 Å². The number of amides is 2. The molecule has 3 N–H and O–H groups in total. The Morgan fingerprint density at radius 2 is 1.80 bits per heavy atom. The summed E-state index contributed by atoms with van der Waals surface area (Å²) in [6, 6.07) is 9.50. The van der Waals surface area contributed by atoms with Gasteiger partial charge in [0.05, 0.1) is 5.69 Å². The maximum absolute atomic E-state index is 14.7. The summed E-state index contributed by atoms with van der Waals surface area (Å²) in [4.78, 5) is 19.2. The number of benzene rings is 1. The Morgan fingerprint density at radius 3 is 2.46 bits per heavy atom. The average molecular weight is 481 g/mol. The van der Waals surface area contributed by atoms with Crippen LogP contribution in [-0.2, 0) is 5.41 Å². The molecule has 0 unspecified atom stereocenters. The molecule has 1 aliphatic heterocycles.